The third-order valence-electron chi connectivity index (χ3n) is 8.68. The molecule has 0 saturated carbocycles. The standard InChI is InChI=1S/C21H22O9.C14H8O2/c22-6-8-4-10-14(21-20(29)19(28)17(26)13(7-23)30-21)9-2-1-3-11(24)15(9)18(27)16(10)12(25)5-8;15-13-9-5-1-2-6-10(9)14(16)12-8-4-3-7-11(12)13/h1-5,13-14,17,19-26,28-29H,6-7H2;1-8H/t13-,14-,17-,19+,20-,21+;/m1./s1. The number of hydrogen-bond donors (Lipinski definition) is 7. The highest BCUT2D eigenvalue weighted by molar-refractivity contribution is 6.28. The van der Waals surface area contributed by atoms with Crippen LogP contribution in [0.1, 0.15) is 70.4 Å². The molecule has 0 unspecified atom stereocenters. The highest BCUT2D eigenvalue weighted by Gasteiger charge is 2.50. The highest BCUT2D eigenvalue weighted by atomic mass is 16.5. The van der Waals surface area contributed by atoms with Crippen molar-refractivity contribution in [3.05, 3.63) is 129 Å². The smallest absolute Gasteiger partial charge is 0.201 e. The van der Waals surface area contributed by atoms with E-state index in [1.165, 1.54) is 24.3 Å². The minimum Gasteiger partial charge on any atom is -0.507 e. The molecule has 1 heterocycles. The molecule has 4 aromatic carbocycles. The quantitative estimate of drug-likeness (QED) is 0.153. The van der Waals surface area contributed by atoms with Gasteiger partial charge >= 0.3 is 0 Å². The summed E-state index contributed by atoms with van der Waals surface area (Å²) in [6.45, 7) is -1.06. The molecule has 0 aromatic heterocycles. The first-order valence-electron chi connectivity index (χ1n) is 14.5. The maximum atomic E-state index is 13.1. The Morgan fingerprint density at radius 2 is 1.13 bits per heavy atom. The number of ether oxygens (including phenoxy) is 1. The third-order valence-corrected chi connectivity index (χ3v) is 8.68. The van der Waals surface area contributed by atoms with E-state index in [1.54, 1.807) is 54.6 Å². The fourth-order valence-corrected chi connectivity index (χ4v) is 6.46. The van der Waals surface area contributed by atoms with Crippen LogP contribution in [0.15, 0.2) is 78.9 Å². The molecule has 1 fully saturated rings. The molecule has 7 rings (SSSR count). The molecule has 11 nitrogen and oxygen atoms in total. The molecule has 0 amide bonds. The van der Waals surface area contributed by atoms with Gasteiger partial charge in [0, 0.05) is 28.2 Å². The second-order valence-electron chi connectivity index (χ2n) is 11.3. The van der Waals surface area contributed by atoms with Crippen molar-refractivity contribution in [1.29, 1.82) is 0 Å². The Morgan fingerprint density at radius 3 is 1.65 bits per heavy atom. The van der Waals surface area contributed by atoms with Crippen LogP contribution in [0.4, 0.5) is 0 Å². The second-order valence-corrected chi connectivity index (χ2v) is 11.3. The number of phenolic OH excluding ortho intramolecular Hbond substituents is 2. The van der Waals surface area contributed by atoms with E-state index in [4.69, 9.17) is 4.74 Å². The van der Waals surface area contributed by atoms with Crippen LogP contribution >= 0.6 is 0 Å². The molecule has 46 heavy (non-hydrogen) atoms. The van der Waals surface area contributed by atoms with Crippen molar-refractivity contribution in [3.63, 3.8) is 0 Å². The average Bonchev–Trinajstić information content (AvgIpc) is 3.07. The zero-order valence-corrected chi connectivity index (χ0v) is 24.1. The van der Waals surface area contributed by atoms with E-state index in [0.717, 1.165) is 0 Å². The molecule has 6 atom stereocenters. The van der Waals surface area contributed by atoms with Gasteiger partial charge in [0.1, 0.15) is 35.9 Å². The number of phenols is 2. The lowest BCUT2D eigenvalue weighted by Gasteiger charge is -2.45. The normalized spacial score (nSPS) is 24.6. The molecule has 236 valence electrons. The molecule has 0 spiro atoms. The Balaban J connectivity index is 0.000000194. The van der Waals surface area contributed by atoms with E-state index in [0.29, 0.717) is 27.8 Å². The minimum atomic E-state index is -1.64. The number of rotatable bonds is 3. The van der Waals surface area contributed by atoms with Gasteiger partial charge in [0.05, 0.1) is 30.4 Å². The number of carbonyl (C=O) groups excluding carboxylic acids is 3. The summed E-state index contributed by atoms with van der Waals surface area (Å²) in [5.41, 5.74) is 2.63. The first-order valence-corrected chi connectivity index (χ1v) is 14.5. The lowest BCUT2D eigenvalue weighted by atomic mass is 9.71. The van der Waals surface area contributed by atoms with Crippen LogP contribution in [0.2, 0.25) is 0 Å². The SMILES string of the molecule is O=C1c2c(O)cccc2[C@@H]([C@@H]2O[C@H](CO)[C@@H](O)[C@H](O)[C@H]2O)c2cc(CO)cc(O)c21.O=C1c2ccccc2C(=O)c2ccccc21. The van der Waals surface area contributed by atoms with Crippen molar-refractivity contribution in [2.45, 2.75) is 43.0 Å². The molecule has 1 aliphatic heterocycles. The van der Waals surface area contributed by atoms with E-state index in [-0.39, 0.29) is 39.6 Å². The van der Waals surface area contributed by atoms with Crippen molar-refractivity contribution in [1.82, 2.24) is 0 Å². The fraction of sp³-hybridized carbons (Fsp3) is 0.229. The zero-order chi connectivity index (χ0) is 32.9. The van der Waals surface area contributed by atoms with Gasteiger partial charge in [-0.25, -0.2) is 0 Å². The van der Waals surface area contributed by atoms with Crippen LogP contribution in [-0.2, 0) is 11.3 Å². The van der Waals surface area contributed by atoms with Crippen LogP contribution < -0.4 is 0 Å². The monoisotopic (exact) mass is 626 g/mol. The summed E-state index contributed by atoms with van der Waals surface area (Å²) in [6, 6.07) is 21.0. The summed E-state index contributed by atoms with van der Waals surface area (Å²) in [4.78, 5) is 37.3. The third kappa shape index (κ3) is 4.99. The number of benzene rings is 4. The number of fused-ring (bicyclic) bond motifs is 4. The molecule has 4 aromatic rings. The Bertz CT molecular complexity index is 1760. The number of ketones is 3. The van der Waals surface area contributed by atoms with Gasteiger partial charge in [-0.2, -0.15) is 0 Å². The number of aliphatic hydroxyl groups excluding tert-OH is 5. The number of hydrogen-bond acceptors (Lipinski definition) is 11. The molecule has 1 saturated heterocycles. The highest BCUT2D eigenvalue weighted by Crippen LogP contribution is 2.47. The van der Waals surface area contributed by atoms with E-state index in [1.807, 2.05) is 0 Å². The number of carbonyl (C=O) groups is 3. The number of aliphatic hydroxyl groups is 5. The van der Waals surface area contributed by atoms with Gasteiger partial charge in [0.25, 0.3) is 0 Å². The van der Waals surface area contributed by atoms with Crippen molar-refractivity contribution >= 4 is 17.3 Å². The van der Waals surface area contributed by atoms with E-state index in [2.05, 4.69) is 0 Å². The molecule has 11 heteroatoms. The molecule has 3 aliphatic rings. The van der Waals surface area contributed by atoms with Gasteiger partial charge < -0.3 is 40.5 Å². The van der Waals surface area contributed by atoms with Crippen molar-refractivity contribution in [2.24, 2.45) is 0 Å². The summed E-state index contributed by atoms with van der Waals surface area (Å²) in [5.74, 6) is -2.46. The lowest BCUT2D eigenvalue weighted by Crippen LogP contribution is -2.60. The predicted molar refractivity (Wildman–Crippen MR) is 161 cm³/mol. The molecular formula is C35H30O11. The Hall–Kier alpha value is -4.75. The van der Waals surface area contributed by atoms with Crippen molar-refractivity contribution < 1.29 is 54.9 Å². The van der Waals surface area contributed by atoms with Gasteiger partial charge in [-0.15, -0.1) is 0 Å². The molecular weight excluding hydrogens is 596 g/mol. The summed E-state index contributed by atoms with van der Waals surface area (Å²) >= 11 is 0. The molecule has 0 bridgehead atoms. The second kappa shape index (κ2) is 12.2. The van der Waals surface area contributed by atoms with Gasteiger partial charge in [-0.05, 0) is 28.8 Å². The van der Waals surface area contributed by atoms with Crippen LogP contribution in [0, 0.1) is 0 Å². The predicted octanol–water partition coefficient (Wildman–Crippen LogP) is 1.57. The van der Waals surface area contributed by atoms with E-state index in [9.17, 15) is 50.1 Å². The van der Waals surface area contributed by atoms with Gasteiger partial charge in [-0.3, -0.25) is 14.4 Å². The maximum absolute atomic E-state index is 13.1. The van der Waals surface area contributed by atoms with E-state index < -0.39 is 61.2 Å². The topological polar surface area (TPSA) is 202 Å². The van der Waals surface area contributed by atoms with Gasteiger partial charge in [0.15, 0.2) is 11.6 Å². The van der Waals surface area contributed by atoms with Crippen LogP contribution in [0.5, 0.6) is 11.5 Å². The Kier molecular flexibility index (Phi) is 8.30. The fourth-order valence-electron chi connectivity index (χ4n) is 6.46. The first-order chi connectivity index (χ1) is 22.1. The minimum absolute atomic E-state index is 0.0641. The van der Waals surface area contributed by atoms with Crippen LogP contribution in [0.25, 0.3) is 0 Å². The first kappa shape index (κ1) is 31.2. The average molecular weight is 627 g/mol. The van der Waals surface area contributed by atoms with Crippen LogP contribution in [0.3, 0.4) is 0 Å². The number of aromatic hydroxyl groups is 2. The Labute approximate surface area is 262 Å². The molecule has 0 radical (unpaired) electrons. The largest absolute Gasteiger partial charge is 0.507 e. The molecule has 7 N–H and O–H groups in total. The van der Waals surface area contributed by atoms with Gasteiger partial charge in [0.2, 0.25) is 5.78 Å². The van der Waals surface area contributed by atoms with Crippen molar-refractivity contribution in [2.75, 3.05) is 6.61 Å². The van der Waals surface area contributed by atoms with Gasteiger partial charge in [-0.1, -0.05) is 66.7 Å². The molecule has 2 aliphatic carbocycles. The van der Waals surface area contributed by atoms with E-state index >= 15 is 0 Å². The lowest BCUT2D eigenvalue weighted by molar-refractivity contribution is -0.232. The summed E-state index contributed by atoms with van der Waals surface area (Å²) in [5, 5.41) is 71.0. The summed E-state index contributed by atoms with van der Waals surface area (Å²) < 4.78 is 5.73. The zero-order valence-electron chi connectivity index (χ0n) is 24.1. The summed E-state index contributed by atoms with van der Waals surface area (Å²) in [7, 11) is 0. The summed E-state index contributed by atoms with van der Waals surface area (Å²) in [6.07, 6.45) is -7.22. The Morgan fingerprint density at radius 1 is 0.587 bits per heavy atom. The van der Waals surface area contributed by atoms with Crippen LogP contribution in [-0.4, -0.2) is 90.2 Å². The van der Waals surface area contributed by atoms with Crippen molar-refractivity contribution in [3.8, 4) is 11.5 Å². The maximum Gasteiger partial charge on any atom is 0.201 e.